The second-order valence-electron chi connectivity index (χ2n) is 8.88. The number of ketones is 1. The van der Waals surface area contributed by atoms with Gasteiger partial charge in [0.1, 0.15) is 29.1 Å². The molecule has 1 aromatic heterocycles. The number of ether oxygens (including phenoxy) is 1. The van der Waals surface area contributed by atoms with Crippen molar-refractivity contribution < 1.29 is 24.1 Å². The number of hydrogen-bond donors (Lipinski definition) is 2. The van der Waals surface area contributed by atoms with Gasteiger partial charge >= 0.3 is 0 Å². The topological polar surface area (TPSA) is 82.9 Å². The van der Waals surface area contributed by atoms with Gasteiger partial charge in [0.15, 0.2) is 5.78 Å². The van der Waals surface area contributed by atoms with Crippen molar-refractivity contribution in [3.63, 3.8) is 0 Å². The van der Waals surface area contributed by atoms with E-state index >= 15 is 0 Å². The Bertz CT molecular complexity index is 1110. The van der Waals surface area contributed by atoms with Gasteiger partial charge in [-0.05, 0) is 105 Å². The number of carbonyl (C=O) groups excluding carboxylic acids is 1. The third-order valence-corrected chi connectivity index (χ3v) is 6.22. The molecule has 2 N–H and O–H groups in total. The van der Waals surface area contributed by atoms with Crippen molar-refractivity contribution in [2.75, 3.05) is 26.2 Å². The quantitative estimate of drug-likeness (QED) is 0.392. The van der Waals surface area contributed by atoms with Gasteiger partial charge in [-0.15, -0.1) is 0 Å². The first-order chi connectivity index (χ1) is 17.0. The van der Waals surface area contributed by atoms with Gasteiger partial charge in [0.25, 0.3) is 0 Å². The third-order valence-electron chi connectivity index (χ3n) is 6.22. The summed E-state index contributed by atoms with van der Waals surface area (Å²) in [5.74, 6) is 0.677. The first-order valence-electron chi connectivity index (χ1n) is 12.1. The number of nitrogens with zero attached hydrogens (tertiary/aromatic N) is 2. The maximum absolute atomic E-state index is 13.1. The number of aliphatic hydroxyl groups excluding tert-OH is 2. The summed E-state index contributed by atoms with van der Waals surface area (Å²) in [6, 6.07) is 16.1. The molecule has 1 aliphatic heterocycles. The van der Waals surface area contributed by atoms with Crippen molar-refractivity contribution in [2.45, 2.75) is 38.2 Å². The number of pyridine rings is 1. The van der Waals surface area contributed by atoms with E-state index in [1.807, 2.05) is 0 Å². The van der Waals surface area contributed by atoms with E-state index in [2.05, 4.69) is 9.88 Å². The molecule has 1 aliphatic rings. The van der Waals surface area contributed by atoms with Crippen LogP contribution in [-0.4, -0.2) is 52.1 Å². The van der Waals surface area contributed by atoms with Crippen LogP contribution in [0.5, 0.6) is 11.5 Å². The highest BCUT2D eigenvalue weighted by Crippen LogP contribution is 2.27. The second-order valence-corrected chi connectivity index (χ2v) is 8.88. The first kappa shape index (κ1) is 25.0. The third kappa shape index (κ3) is 6.94. The Morgan fingerprint density at radius 1 is 1.00 bits per heavy atom. The highest BCUT2D eigenvalue weighted by molar-refractivity contribution is 5.95. The summed E-state index contributed by atoms with van der Waals surface area (Å²) in [5, 5.41) is 19.7. The van der Waals surface area contributed by atoms with Gasteiger partial charge < -0.3 is 19.8 Å². The molecule has 0 saturated carbocycles. The zero-order chi connectivity index (χ0) is 24.6. The van der Waals surface area contributed by atoms with Crippen LogP contribution in [0, 0.1) is 5.82 Å². The van der Waals surface area contributed by atoms with Crippen LogP contribution in [0.4, 0.5) is 4.39 Å². The van der Waals surface area contributed by atoms with Crippen molar-refractivity contribution in [1.82, 2.24) is 9.88 Å². The normalized spacial score (nSPS) is 15.1. The summed E-state index contributed by atoms with van der Waals surface area (Å²) in [6.07, 6.45) is 3.75. The summed E-state index contributed by atoms with van der Waals surface area (Å²) in [4.78, 5) is 19.9. The number of rotatable bonds is 10. The molecule has 2 aromatic carbocycles. The molecule has 3 aromatic rings. The van der Waals surface area contributed by atoms with Gasteiger partial charge in [0.05, 0.1) is 12.3 Å². The largest absolute Gasteiger partial charge is 0.457 e. The molecule has 7 heteroatoms. The van der Waals surface area contributed by atoms with Crippen molar-refractivity contribution in [2.24, 2.45) is 0 Å². The van der Waals surface area contributed by atoms with Gasteiger partial charge in [-0.1, -0.05) is 6.42 Å². The van der Waals surface area contributed by atoms with Crippen LogP contribution in [0.3, 0.4) is 0 Å². The van der Waals surface area contributed by atoms with Crippen molar-refractivity contribution in [3.05, 3.63) is 77.7 Å². The second kappa shape index (κ2) is 12.0. The van der Waals surface area contributed by atoms with Gasteiger partial charge in [0, 0.05) is 12.0 Å². The number of halogens is 1. The Labute approximate surface area is 205 Å². The number of benzene rings is 2. The number of hydrogen-bond acceptors (Lipinski definition) is 6. The van der Waals surface area contributed by atoms with Crippen molar-refractivity contribution in [3.8, 4) is 22.8 Å². The molecule has 0 spiro atoms. The highest BCUT2D eigenvalue weighted by Gasteiger charge is 2.17. The molecule has 6 nitrogen and oxygen atoms in total. The summed E-state index contributed by atoms with van der Waals surface area (Å²) < 4.78 is 18.8. The number of carbonyl (C=O) groups is 1. The Balaban J connectivity index is 1.48. The molecule has 0 aliphatic carbocycles. The molecular formula is C28H31FN2O4. The lowest BCUT2D eigenvalue weighted by molar-refractivity contribution is 0.0941. The lowest BCUT2D eigenvalue weighted by Gasteiger charge is -2.26. The van der Waals surface area contributed by atoms with Crippen LogP contribution in [0.2, 0.25) is 0 Å². The standard InChI is InChI=1S/C28H31FN2O4/c29-22-8-12-24(13-9-22)35-23-10-6-20(7-11-23)25-17-21(28(34)19-32)18-26(30-25)27(33)5-4-16-31-14-2-1-3-15-31/h6-13,17-18,28,32,34H,1-5,14-16,19H2/t28-/m1/s1. The van der Waals surface area contributed by atoms with E-state index in [0.29, 0.717) is 29.2 Å². The molecule has 4 rings (SSSR count). The lowest BCUT2D eigenvalue weighted by atomic mass is 10.0. The van der Waals surface area contributed by atoms with Crippen LogP contribution in [0.25, 0.3) is 11.3 Å². The van der Waals surface area contributed by atoms with E-state index in [1.165, 1.54) is 31.4 Å². The number of likely N-dealkylation sites (tertiary alicyclic amines) is 1. The van der Waals surface area contributed by atoms with Crippen LogP contribution in [0.15, 0.2) is 60.7 Å². The Kier molecular flexibility index (Phi) is 8.58. The summed E-state index contributed by atoms with van der Waals surface area (Å²) in [7, 11) is 0. The number of Topliss-reactive ketones (excluding diaryl/α,β-unsaturated/α-hetero) is 1. The molecular weight excluding hydrogens is 447 g/mol. The maximum atomic E-state index is 13.1. The molecule has 0 bridgehead atoms. The lowest BCUT2D eigenvalue weighted by Crippen LogP contribution is -2.30. The van der Waals surface area contributed by atoms with E-state index in [9.17, 15) is 19.4 Å². The van der Waals surface area contributed by atoms with E-state index < -0.39 is 12.7 Å². The fourth-order valence-electron chi connectivity index (χ4n) is 4.25. The zero-order valence-electron chi connectivity index (χ0n) is 19.7. The van der Waals surface area contributed by atoms with Crippen LogP contribution >= 0.6 is 0 Å². The predicted octanol–water partition coefficient (Wildman–Crippen LogP) is 5.15. The van der Waals surface area contributed by atoms with Crippen LogP contribution < -0.4 is 4.74 Å². The van der Waals surface area contributed by atoms with E-state index in [4.69, 9.17) is 4.74 Å². The van der Waals surface area contributed by atoms with Crippen molar-refractivity contribution >= 4 is 5.78 Å². The minimum atomic E-state index is -1.10. The fraction of sp³-hybridized carbons (Fsp3) is 0.357. The monoisotopic (exact) mass is 478 g/mol. The smallest absolute Gasteiger partial charge is 0.181 e. The van der Waals surface area contributed by atoms with Crippen molar-refractivity contribution in [1.29, 1.82) is 0 Å². The molecule has 0 radical (unpaired) electrons. The summed E-state index contributed by atoms with van der Waals surface area (Å²) in [6.45, 7) is 2.63. The van der Waals surface area contributed by atoms with Crippen LogP contribution in [-0.2, 0) is 0 Å². The van der Waals surface area contributed by atoms with E-state index in [1.54, 1.807) is 48.5 Å². The predicted molar refractivity (Wildman–Crippen MR) is 132 cm³/mol. The average molecular weight is 479 g/mol. The Hall–Kier alpha value is -3.13. The number of piperidine rings is 1. The van der Waals surface area contributed by atoms with Gasteiger partial charge in [-0.3, -0.25) is 4.79 Å². The molecule has 1 atom stereocenters. The van der Waals surface area contributed by atoms with E-state index in [0.717, 1.165) is 31.6 Å². The molecule has 184 valence electrons. The summed E-state index contributed by atoms with van der Waals surface area (Å²) >= 11 is 0. The number of aliphatic hydroxyl groups is 2. The fourth-order valence-corrected chi connectivity index (χ4v) is 4.25. The average Bonchev–Trinajstić information content (AvgIpc) is 2.90. The minimum Gasteiger partial charge on any atom is -0.457 e. The SMILES string of the molecule is O=C(CCCN1CCCCC1)c1cc([C@H](O)CO)cc(-c2ccc(Oc3ccc(F)cc3)cc2)n1. The Morgan fingerprint density at radius 3 is 2.31 bits per heavy atom. The Morgan fingerprint density at radius 2 is 1.66 bits per heavy atom. The van der Waals surface area contributed by atoms with Gasteiger partial charge in [-0.25, -0.2) is 9.37 Å². The molecule has 0 amide bonds. The molecule has 0 unspecified atom stereocenters. The minimum absolute atomic E-state index is 0.0773. The van der Waals surface area contributed by atoms with E-state index in [-0.39, 0.29) is 17.3 Å². The van der Waals surface area contributed by atoms with Gasteiger partial charge in [0.2, 0.25) is 0 Å². The zero-order valence-corrected chi connectivity index (χ0v) is 19.7. The van der Waals surface area contributed by atoms with Crippen LogP contribution in [0.1, 0.15) is 54.3 Å². The maximum Gasteiger partial charge on any atom is 0.181 e. The molecule has 1 fully saturated rings. The first-order valence-corrected chi connectivity index (χ1v) is 12.1. The van der Waals surface area contributed by atoms with Gasteiger partial charge in [-0.2, -0.15) is 0 Å². The molecule has 2 heterocycles. The molecule has 35 heavy (non-hydrogen) atoms. The molecule has 1 saturated heterocycles. The number of aromatic nitrogens is 1. The highest BCUT2D eigenvalue weighted by atomic mass is 19.1. The summed E-state index contributed by atoms with van der Waals surface area (Å²) in [5.41, 5.74) is 2.01.